The fraction of sp³-hybridized carbons (Fsp3) is 0.222. The highest BCUT2D eigenvalue weighted by atomic mass is 32.1. The summed E-state index contributed by atoms with van der Waals surface area (Å²) in [4.78, 5) is 16.9. The molecule has 0 unspecified atom stereocenters. The summed E-state index contributed by atoms with van der Waals surface area (Å²) in [5.41, 5.74) is 8.84. The zero-order valence-electron chi connectivity index (χ0n) is 14.5. The molecule has 0 atom stereocenters. The Kier molecular flexibility index (Phi) is 4.76. The Morgan fingerprint density at radius 3 is 2.52 bits per heavy atom. The summed E-state index contributed by atoms with van der Waals surface area (Å²) < 4.78 is 11.6. The number of hydrogen-bond donors (Lipinski definition) is 2. The largest absolute Gasteiger partial charge is 0.495 e. The van der Waals surface area contributed by atoms with E-state index in [2.05, 4.69) is 15.8 Å². The van der Waals surface area contributed by atoms with Gasteiger partial charge in [-0.25, -0.2) is 4.98 Å². The summed E-state index contributed by atoms with van der Waals surface area (Å²) in [7, 11) is 3.20. The van der Waals surface area contributed by atoms with Crippen LogP contribution in [0.1, 0.15) is 21.5 Å². The number of aromatic nitrogens is 1. The third-order valence-electron chi connectivity index (χ3n) is 3.83. The van der Waals surface area contributed by atoms with Gasteiger partial charge in [-0.05, 0) is 37.6 Å². The van der Waals surface area contributed by atoms with E-state index in [9.17, 15) is 4.79 Å². The number of nitrogens with zero attached hydrogens (tertiary/aromatic N) is 1. The first-order valence-corrected chi connectivity index (χ1v) is 8.50. The van der Waals surface area contributed by atoms with Crippen LogP contribution in [0.15, 0.2) is 30.3 Å². The molecule has 3 rings (SSSR count). The first kappa shape index (κ1) is 17.0. The Morgan fingerprint density at radius 2 is 1.80 bits per heavy atom. The molecule has 0 spiro atoms. The summed E-state index contributed by atoms with van der Waals surface area (Å²) >= 11 is 1.38. The van der Waals surface area contributed by atoms with E-state index in [-0.39, 0.29) is 5.91 Å². The minimum Gasteiger partial charge on any atom is -0.495 e. The molecule has 0 saturated heterocycles. The number of amides is 1. The van der Waals surface area contributed by atoms with Crippen molar-refractivity contribution in [2.45, 2.75) is 13.8 Å². The fourth-order valence-corrected chi connectivity index (χ4v) is 3.42. The quantitative estimate of drug-likeness (QED) is 0.682. The molecule has 130 valence electrons. The van der Waals surface area contributed by atoms with Crippen molar-refractivity contribution in [2.75, 3.05) is 19.6 Å². The Labute approximate surface area is 149 Å². The number of hydrogen-bond acceptors (Lipinski definition) is 6. The highest BCUT2D eigenvalue weighted by molar-refractivity contribution is 7.22. The van der Waals surface area contributed by atoms with Crippen molar-refractivity contribution in [3.05, 3.63) is 47.0 Å². The molecular formula is C18H19N3O3S. The molecule has 1 aromatic heterocycles. The minimum atomic E-state index is -0.209. The highest BCUT2D eigenvalue weighted by Gasteiger charge is 2.15. The topological polar surface area (TPSA) is 72.5 Å². The van der Waals surface area contributed by atoms with Crippen LogP contribution in [-0.2, 0) is 0 Å². The Morgan fingerprint density at radius 1 is 1.08 bits per heavy atom. The number of anilines is 1. The number of thiazole rings is 1. The van der Waals surface area contributed by atoms with Gasteiger partial charge >= 0.3 is 0 Å². The van der Waals surface area contributed by atoms with Crippen LogP contribution < -0.4 is 20.3 Å². The molecule has 0 fully saturated rings. The third-order valence-corrected chi connectivity index (χ3v) is 4.82. The SMILES string of the molecule is COc1ccc(OC)c2sc(NNC(=O)c3cc(C)ccc3C)nc12. The molecule has 2 N–H and O–H groups in total. The maximum atomic E-state index is 12.4. The summed E-state index contributed by atoms with van der Waals surface area (Å²) in [5, 5.41) is 0.552. The number of ether oxygens (including phenoxy) is 2. The summed E-state index contributed by atoms with van der Waals surface area (Å²) in [5.74, 6) is 1.16. The second kappa shape index (κ2) is 6.98. The molecule has 25 heavy (non-hydrogen) atoms. The molecule has 3 aromatic rings. The molecule has 0 aliphatic rings. The fourth-order valence-electron chi connectivity index (χ4n) is 2.50. The number of nitrogens with one attached hydrogen (secondary N) is 2. The molecule has 0 radical (unpaired) electrons. The van der Waals surface area contributed by atoms with Crippen molar-refractivity contribution in [2.24, 2.45) is 0 Å². The van der Waals surface area contributed by atoms with Gasteiger partial charge in [-0.3, -0.25) is 15.6 Å². The summed E-state index contributed by atoms with van der Waals surface area (Å²) in [6.45, 7) is 3.86. The minimum absolute atomic E-state index is 0.209. The predicted octanol–water partition coefficient (Wildman–Crippen LogP) is 3.69. The number of hydrazine groups is 1. The van der Waals surface area contributed by atoms with Gasteiger partial charge in [-0.1, -0.05) is 29.0 Å². The van der Waals surface area contributed by atoms with Crippen LogP contribution in [0.3, 0.4) is 0 Å². The van der Waals surface area contributed by atoms with Crippen LogP contribution in [0, 0.1) is 13.8 Å². The van der Waals surface area contributed by atoms with Crippen molar-refractivity contribution in [3.63, 3.8) is 0 Å². The van der Waals surface area contributed by atoms with E-state index < -0.39 is 0 Å². The normalized spacial score (nSPS) is 10.6. The van der Waals surface area contributed by atoms with E-state index >= 15 is 0 Å². The molecule has 0 aliphatic heterocycles. The van der Waals surface area contributed by atoms with Gasteiger partial charge in [0, 0.05) is 5.56 Å². The second-order valence-electron chi connectivity index (χ2n) is 5.56. The van der Waals surface area contributed by atoms with Crippen molar-refractivity contribution < 1.29 is 14.3 Å². The van der Waals surface area contributed by atoms with Crippen LogP contribution >= 0.6 is 11.3 Å². The first-order valence-electron chi connectivity index (χ1n) is 7.68. The number of methoxy groups -OCH3 is 2. The number of benzene rings is 2. The van der Waals surface area contributed by atoms with Crippen LogP contribution in [0.25, 0.3) is 10.2 Å². The van der Waals surface area contributed by atoms with Crippen molar-refractivity contribution in [1.82, 2.24) is 10.4 Å². The number of rotatable bonds is 5. The van der Waals surface area contributed by atoms with E-state index in [0.29, 0.717) is 27.7 Å². The molecule has 6 nitrogen and oxygen atoms in total. The molecule has 0 aliphatic carbocycles. The summed E-state index contributed by atoms with van der Waals surface area (Å²) in [6.07, 6.45) is 0. The first-order chi connectivity index (χ1) is 12.0. The lowest BCUT2D eigenvalue weighted by molar-refractivity contribution is 0.0962. The van der Waals surface area contributed by atoms with Gasteiger partial charge in [0.2, 0.25) is 5.13 Å². The molecule has 1 heterocycles. The lowest BCUT2D eigenvalue weighted by Gasteiger charge is -2.08. The summed E-state index contributed by atoms with van der Waals surface area (Å²) in [6, 6.07) is 9.40. The van der Waals surface area contributed by atoms with E-state index in [0.717, 1.165) is 15.8 Å². The van der Waals surface area contributed by atoms with Crippen LogP contribution in [0.2, 0.25) is 0 Å². The maximum absolute atomic E-state index is 12.4. The number of fused-ring (bicyclic) bond motifs is 1. The van der Waals surface area contributed by atoms with Gasteiger partial charge in [0.1, 0.15) is 21.7 Å². The molecule has 1 amide bonds. The van der Waals surface area contributed by atoms with E-state index in [4.69, 9.17) is 9.47 Å². The van der Waals surface area contributed by atoms with Gasteiger partial charge < -0.3 is 9.47 Å². The van der Waals surface area contributed by atoms with Crippen molar-refractivity contribution in [3.8, 4) is 11.5 Å². The van der Waals surface area contributed by atoms with Gasteiger partial charge in [0.15, 0.2) is 0 Å². The zero-order chi connectivity index (χ0) is 18.0. The lowest BCUT2D eigenvalue weighted by Crippen LogP contribution is -2.29. The van der Waals surface area contributed by atoms with Crippen molar-refractivity contribution >= 4 is 32.6 Å². The third kappa shape index (κ3) is 3.36. The Balaban J connectivity index is 1.84. The van der Waals surface area contributed by atoms with Gasteiger partial charge in [0.25, 0.3) is 5.91 Å². The van der Waals surface area contributed by atoms with Gasteiger partial charge in [0.05, 0.1) is 14.2 Å². The van der Waals surface area contributed by atoms with E-state index in [1.165, 1.54) is 11.3 Å². The predicted molar refractivity (Wildman–Crippen MR) is 99.7 cm³/mol. The Hall–Kier alpha value is -2.80. The second-order valence-corrected chi connectivity index (χ2v) is 6.56. The number of carbonyl (C=O) groups excluding carboxylic acids is 1. The van der Waals surface area contributed by atoms with Crippen molar-refractivity contribution in [1.29, 1.82) is 0 Å². The molecule has 0 saturated carbocycles. The average Bonchev–Trinajstić information content (AvgIpc) is 3.05. The maximum Gasteiger partial charge on any atom is 0.269 e. The molecule has 7 heteroatoms. The van der Waals surface area contributed by atoms with E-state index in [1.54, 1.807) is 20.3 Å². The monoisotopic (exact) mass is 357 g/mol. The standard InChI is InChI=1S/C18H19N3O3S/c1-10-5-6-11(2)12(9-10)17(22)20-21-18-19-15-13(23-3)7-8-14(24-4)16(15)25-18/h5-9H,1-4H3,(H,19,21)(H,20,22). The average molecular weight is 357 g/mol. The lowest BCUT2D eigenvalue weighted by atomic mass is 10.1. The van der Waals surface area contributed by atoms with E-state index in [1.807, 2.05) is 38.1 Å². The van der Waals surface area contributed by atoms with Crippen LogP contribution in [-0.4, -0.2) is 25.1 Å². The zero-order valence-corrected chi connectivity index (χ0v) is 15.3. The molecule has 2 aromatic carbocycles. The molecular weight excluding hydrogens is 338 g/mol. The number of aryl methyl sites for hydroxylation is 2. The van der Waals surface area contributed by atoms with Crippen LogP contribution in [0.4, 0.5) is 5.13 Å². The Bertz CT molecular complexity index is 896. The molecule has 0 bridgehead atoms. The number of carbonyl (C=O) groups is 1. The highest BCUT2D eigenvalue weighted by Crippen LogP contribution is 2.38. The smallest absolute Gasteiger partial charge is 0.269 e. The van der Waals surface area contributed by atoms with Crippen LogP contribution in [0.5, 0.6) is 11.5 Å². The van der Waals surface area contributed by atoms with Gasteiger partial charge in [-0.2, -0.15) is 0 Å². The van der Waals surface area contributed by atoms with Gasteiger partial charge in [-0.15, -0.1) is 0 Å².